The number of isothiocyanates is 1. The van der Waals surface area contributed by atoms with Crippen molar-refractivity contribution in [2.75, 3.05) is 0 Å². The van der Waals surface area contributed by atoms with Gasteiger partial charge in [-0.2, -0.15) is 0 Å². The summed E-state index contributed by atoms with van der Waals surface area (Å²) in [5.41, 5.74) is 2.76. The predicted octanol–water partition coefficient (Wildman–Crippen LogP) is 3.17. The van der Waals surface area contributed by atoms with Crippen molar-refractivity contribution in [1.29, 1.82) is 0 Å². The van der Waals surface area contributed by atoms with Crippen molar-refractivity contribution in [3.05, 3.63) is 35.4 Å². The maximum Gasteiger partial charge on any atom is 0.0855 e. The second kappa shape index (κ2) is 3.82. The van der Waals surface area contributed by atoms with Gasteiger partial charge in [0, 0.05) is 0 Å². The van der Waals surface area contributed by atoms with E-state index in [4.69, 9.17) is 0 Å². The Morgan fingerprint density at radius 1 is 1.38 bits per heavy atom. The number of hydrogen-bond acceptors (Lipinski definition) is 2. The van der Waals surface area contributed by atoms with E-state index < -0.39 is 0 Å². The molecular formula is C11H11NS. The van der Waals surface area contributed by atoms with Gasteiger partial charge in [-0.05, 0) is 42.6 Å². The van der Waals surface area contributed by atoms with Crippen molar-refractivity contribution in [3.8, 4) is 0 Å². The molecule has 1 aliphatic carbocycles. The third kappa shape index (κ3) is 1.69. The summed E-state index contributed by atoms with van der Waals surface area (Å²) >= 11 is 4.65. The third-order valence-corrected chi connectivity index (χ3v) is 2.65. The normalized spacial score (nSPS) is 20.2. The van der Waals surface area contributed by atoms with Gasteiger partial charge >= 0.3 is 0 Å². The summed E-state index contributed by atoms with van der Waals surface area (Å²) in [6, 6.07) is 8.75. The molecule has 1 aliphatic rings. The van der Waals surface area contributed by atoms with Gasteiger partial charge in [-0.15, -0.1) is 0 Å². The van der Waals surface area contributed by atoms with Crippen LogP contribution in [0, 0.1) is 0 Å². The summed E-state index contributed by atoms with van der Waals surface area (Å²) in [5, 5.41) is 2.49. The van der Waals surface area contributed by atoms with Crippen LogP contribution in [0.4, 0.5) is 0 Å². The molecule has 0 fully saturated rings. The highest BCUT2D eigenvalue weighted by atomic mass is 32.1. The highest BCUT2D eigenvalue weighted by Gasteiger charge is 2.17. The van der Waals surface area contributed by atoms with Crippen molar-refractivity contribution >= 4 is 17.4 Å². The quantitative estimate of drug-likeness (QED) is 0.488. The molecule has 0 bridgehead atoms. The molecule has 1 aromatic carbocycles. The van der Waals surface area contributed by atoms with E-state index in [1.807, 2.05) is 0 Å². The number of aryl methyl sites for hydroxylation is 1. The summed E-state index contributed by atoms with van der Waals surface area (Å²) in [5.74, 6) is 0. The van der Waals surface area contributed by atoms with E-state index >= 15 is 0 Å². The first-order valence-corrected chi connectivity index (χ1v) is 4.97. The van der Waals surface area contributed by atoms with E-state index in [1.54, 1.807) is 0 Å². The monoisotopic (exact) mass is 189 g/mol. The summed E-state index contributed by atoms with van der Waals surface area (Å²) in [6.45, 7) is 0. The molecule has 66 valence electrons. The van der Waals surface area contributed by atoms with E-state index in [0.29, 0.717) is 0 Å². The molecular weight excluding hydrogens is 178 g/mol. The van der Waals surface area contributed by atoms with Crippen LogP contribution >= 0.6 is 12.2 Å². The number of hydrogen-bond donors (Lipinski definition) is 0. The molecule has 0 saturated carbocycles. The summed E-state index contributed by atoms with van der Waals surface area (Å²) < 4.78 is 0. The second-order valence-electron chi connectivity index (χ2n) is 3.33. The van der Waals surface area contributed by atoms with Crippen LogP contribution < -0.4 is 0 Å². The standard InChI is InChI=1S/C11H11NS/c13-8-12-11-7-3-5-9-4-1-2-6-10(9)11/h1-2,4,6,11H,3,5,7H2/t11-/m1/s1. The first-order valence-electron chi connectivity index (χ1n) is 4.56. The molecule has 1 aromatic rings. The zero-order valence-electron chi connectivity index (χ0n) is 7.36. The Labute approximate surface area is 83.5 Å². The van der Waals surface area contributed by atoms with E-state index in [-0.39, 0.29) is 6.04 Å². The van der Waals surface area contributed by atoms with Crippen LogP contribution in [0.15, 0.2) is 29.3 Å². The molecule has 1 nitrogen and oxygen atoms in total. The van der Waals surface area contributed by atoms with Crippen LogP contribution in [0.5, 0.6) is 0 Å². The number of thiocarbonyl (C=S) groups is 1. The van der Waals surface area contributed by atoms with Crippen LogP contribution in [0.3, 0.4) is 0 Å². The minimum atomic E-state index is 0.266. The molecule has 2 rings (SSSR count). The van der Waals surface area contributed by atoms with Crippen LogP contribution in [0.25, 0.3) is 0 Å². The van der Waals surface area contributed by atoms with E-state index in [1.165, 1.54) is 24.0 Å². The number of benzene rings is 1. The zero-order valence-corrected chi connectivity index (χ0v) is 8.18. The number of aliphatic imine (C=N–C) groups is 1. The SMILES string of the molecule is S=C=N[C@@H]1CCCc2ccccc21. The topological polar surface area (TPSA) is 12.4 Å². The van der Waals surface area contributed by atoms with Gasteiger partial charge in [0.2, 0.25) is 0 Å². The number of rotatable bonds is 1. The summed E-state index contributed by atoms with van der Waals surface area (Å²) in [7, 11) is 0. The fourth-order valence-electron chi connectivity index (χ4n) is 1.93. The Kier molecular flexibility index (Phi) is 2.53. The predicted molar refractivity (Wildman–Crippen MR) is 57.1 cm³/mol. The van der Waals surface area contributed by atoms with Crippen molar-refractivity contribution in [2.45, 2.75) is 25.3 Å². The van der Waals surface area contributed by atoms with Crippen LogP contribution in [-0.4, -0.2) is 5.16 Å². The summed E-state index contributed by atoms with van der Waals surface area (Å²) in [4.78, 5) is 4.19. The Morgan fingerprint density at radius 2 is 2.23 bits per heavy atom. The van der Waals surface area contributed by atoms with Crippen LogP contribution in [0.2, 0.25) is 0 Å². The lowest BCUT2D eigenvalue weighted by atomic mass is 9.88. The Balaban J connectivity index is 2.42. The molecule has 1 atom stereocenters. The Morgan fingerprint density at radius 3 is 3.08 bits per heavy atom. The second-order valence-corrected chi connectivity index (χ2v) is 3.51. The average molecular weight is 189 g/mol. The van der Waals surface area contributed by atoms with Crippen LogP contribution in [-0.2, 0) is 6.42 Å². The molecule has 0 saturated heterocycles. The van der Waals surface area contributed by atoms with E-state index in [0.717, 1.165) is 6.42 Å². The third-order valence-electron chi connectivity index (χ3n) is 2.55. The highest BCUT2D eigenvalue weighted by Crippen LogP contribution is 2.31. The van der Waals surface area contributed by atoms with Crippen molar-refractivity contribution < 1.29 is 0 Å². The molecule has 0 aromatic heterocycles. The van der Waals surface area contributed by atoms with Crippen LogP contribution in [0.1, 0.15) is 30.0 Å². The van der Waals surface area contributed by atoms with Gasteiger partial charge in [0.1, 0.15) is 0 Å². The Bertz CT molecular complexity index is 353. The fourth-order valence-corrected chi connectivity index (χ4v) is 2.05. The Hall–Kier alpha value is -0.980. The fraction of sp³-hybridized carbons (Fsp3) is 0.364. The van der Waals surface area contributed by atoms with Gasteiger partial charge in [0.25, 0.3) is 0 Å². The highest BCUT2D eigenvalue weighted by molar-refractivity contribution is 7.78. The number of fused-ring (bicyclic) bond motifs is 1. The largest absolute Gasteiger partial charge is 0.224 e. The van der Waals surface area contributed by atoms with Gasteiger partial charge in [-0.3, -0.25) is 0 Å². The van der Waals surface area contributed by atoms with Crippen molar-refractivity contribution in [2.24, 2.45) is 4.99 Å². The molecule has 0 amide bonds. The minimum absolute atomic E-state index is 0.266. The van der Waals surface area contributed by atoms with E-state index in [9.17, 15) is 0 Å². The lowest BCUT2D eigenvalue weighted by Crippen LogP contribution is -2.07. The molecule has 13 heavy (non-hydrogen) atoms. The van der Waals surface area contributed by atoms with E-state index in [2.05, 4.69) is 46.6 Å². The smallest absolute Gasteiger partial charge is 0.0855 e. The molecule has 0 radical (unpaired) electrons. The maximum atomic E-state index is 4.65. The van der Waals surface area contributed by atoms with Crippen molar-refractivity contribution in [3.63, 3.8) is 0 Å². The molecule has 0 N–H and O–H groups in total. The lowest BCUT2D eigenvalue weighted by Gasteiger charge is -2.20. The van der Waals surface area contributed by atoms with Gasteiger partial charge in [0.15, 0.2) is 0 Å². The maximum absolute atomic E-state index is 4.65. The first kappa shape index (κ1) is 8.61. The average Bonchev–Trinajstić information content (AvgIpc) is 2.19. The van der Waals surface area contributed by atoms with Gasteiger partial charge in [0.05, 0.1) is 11.2 Å². The zero-order chi connectivity index (χ0) is 9.10. The van der Waals surface area contributed by atoms with Crippen molar-refractivity contribution in [1.82, 2.24) is 0 Å². The molecule has 0 spiro atoms. The molecule has 0 heterocycles. The minimum Gasteiger partial charge on any atom is -0.224 e. The molecule has 0 aliphatic heterocycles. The van der Waals surface area contributed by atoms with Gasteiger partial charge < -0.3 is 0 Å². The van der Waals surface area contributed by atoms with Gasteiger partial charge in [-0.1, -0.05) is 24.3 Å². The number of nitrogens with zero attached hydrogens (tertiary/aromatic N) is 1. The van der Waals surface area contributed by atoms with Gasteiger partial charge in [-0.25, -0.2) is 4.99 Å². The lowest BCUT2D eigenvalue weighted by molar-refractivity contribution is 0.575. The first-order chi connectivity index (χ1) is 6.42. The molecule has 0 unspecified atom stereocenters. The molecule has 2 heteroatoms. The summed E-state index contributed by atoms with van der Waals surface area (Å²) in [6.07, 6.45) is 3.50.